The summed E-state index contributed by atoms with van der Waals surface area (Å²) in [6.45, 7) is 12.4. The zero-order valence-corrected chi connectivity index (χ0v) is 15.1. The second-order valence-electron chi connectivity index (χ2n) is 6.47. The molecule has 0 amide bonds. The quantitative estimate of drug-likeness (QED) is 0.516. The van der Waals surface area contributed by atoms with E-state index >= 15 is 0 Å². The Hall–Kier alpha value is -0.160. The molecule has 1 unspecified atom stereocenters. The maximum absolute atomic E-state index is 9.77. The van der Waals surface area contributed by atoms with Crippen LogP contribution in [0.5, 0.6) is 0 Å². The summed E-state index contributed by atoms with van der Waals surface area (Å²) in [6.07, 6.45) is 5.53. The minimum atomic E-state index is -0.0740. The smallest absolute Gasteiger partial charge is 0.0613 e. The minimum Gasteiger partial charge on any atom is -0.394 e. The average Bonchev–Trinajstić information content (AvgIpc) is 2.48. The highest BCUT2D eigenvalue weighted by Gasteiger charge is 2.25. The van der Waals surface area contributed by atoms with Gasteiger partial charge in [-0.15, -0.1) is 0 Å². The summed E-state index contributed by atoms with van der Waals surface area (Å²) in [5, 5.41) is 13.3. The molecule has 0 saturated carbocycles. The van der Waals surface area contributed by atoms with Crippen LogP contribution in [0.4, 0.5) is 0 Å². The van der Waals surface area contributed by atoms with Gasteiger partial charge >= 0.3 is 0 Å². The molecule has 4 heteroatoms. The summed E-state index contributed by atoms with van der Waals surface area (Å²) in [5.41, 5.74) is -0.0740. The summed E-state index contributed by atoms with van der Waals surface area (Å²) < 4.78 is 0. The van der Waals surface area contributed by atoms with Gasteiger partial charge in [0.1, 0.15) is 0 Å². The van der Waals surface area contributed by atoms with Gasteiger partial charge in [0.25, 0.3) is 0 Å². The van der Waals surface area contributed by atoms with Gasteiger partial charge in [-0.25, -0.2) is 0 Å². The highest BCUT2D eigenvalue weighted by Crippen LogP contribution is 2.17. The predicted molar refractivity (Wildman–Crippen MR) is 92.9 cm³/mol. The van der Waals surface area contributed by atoms with Crippen molar-refractivity contribution >= 4 is 0 Å². The first-order chi connectivity index (χ1) is 10.0. The molecule has 0 aliphatic carbocycles. The van der Waals surface area contributed by atoms with Crippen molar-refractivity contribution in [1.29, 1.82) is 0 Å². The highest BCUT2D eigenvalue weighted by molar-refractivity contribution is 4.86. The molecule has 128 valence electrons. The topological polar surface area (TPSA) is 38.7 Å². The Morgan fingerprint density at radius 1 is 0.952 bits per heavy atom. The third-order valence-electron chi connectivity index (χ3n) is 4.26. The lowest BCUT2D eigenvalue weighted by atomic mass is 9.91. The van der Waals surface area contributed by atoms with E-state index in [1.807, 2.05) is 0 Å². The minimum absolute atomic E-state index is 0.0740. The third-order valence-corrected chi connectivity index (χ3v) is 4.26. The van der Waals surface area contributed by atoms with Gasteiger partial charge in [-0.1, -0.05) is 20.8 Å². The SMILES string of the molecule is CCCNC(CC)(CO)CCCN(CCC)CCN(C)C. The van der Waals surface area contributed by atoms with Gasteiger partial charge in [0, 0.05) is 18.6 Å². The number of nitrogens with one attached hydrogen (secondary N) is 1. The van der Waals surface area contributed by atoms with Crippen molar-refractivity contribution in [1.82, 2.24) is 15.1 Å². The molecule has 4 nitrogen and oxygen atoms in total. The molecule has 0 spiro atoms. The van der Waals surface area contributed by atoms with Crippen LogP contribution in [0.3, 0.4) is 0 Å². The van der Waals surface area contributed by atoms with Crippen molar-refractivity contribution in [3.63, 3.8) is 0 Å². The van der Waals surface area contributed by atoms with Gasteiger partial charge in [-0.3, -0.25) is 0 Å². The number of hydrogen-bond acceptors (Lipinski definition) is 4. The fraction of sp³-hybridized carbons (Fsp3) is 1.00. The van der Waals surface area contributed by atoms with E-state index in [1.165, 1.54) is 13.0 Å². The monoisotopic (exact) mass is 301 g/mol. The Morgan fingerprint density at radius 3 is 2.14 bits per heavy atom. The molecule has 0 aromatic carbocycles. The Balaban J connectivity index is 4.23. The van der Waals surface area contributed by atoms with Crippen molar-refractivity contribution in [2.75, 3.05) is 53.4 Å². The lowest BCUT2D eigenvalue weighted by Gasteiger charge is -2.33. The molecule has 2 N–H and O–H groups in total. The van der Waals surface area contributed by atoms with Crippen LogP contribution in [0.1, 0.15) is 52.9 Å². The first kappa shape index (κ1) is 20.8. The van der Waals surface area contributed by atoms with Crippen LogP contribution < -0.4 is 5.32 Å². The van der Waals surface area contributed by atoms with Crippen LogP contribution in [0.25, 0.3) is 0 Å². The van der Waals surface area contributed by atoms with Crippen molar-refractivity contribution in [2.24, 2.45) is 0 Å². The lowest BCUT2D eigenvalue weighted by Crippen LogP contribution is -2.48. The van der Waals surface area contributed by atoms with Gasteiger partial charge in [0.2, 0.25) is 0 Å². The third kappa shape index (κ3) is 9.46. The largest absolute Gasteiger partial charge is 0.394 e. The summed E-state index contributed by atoms with van der Waals surface area (Å²) in [4.78, 5) is 4.80. The van der Waals surface area contributed by atoms with Crippen LogP contribution in [-0.2, 0) is 0 Å². The van der Waals surface area contributed by atoms with Crippen LogP contribution >= 0.6 is 0 Å². The first-order valence-electron chi connectivity index (χ1n) is 8.76. The van der Waals surface area contributed by atoms with Crippen LogP contribution in [-0.4, -0.2) is 73.9 Å². The normalized spacial score (nSPS) is 14.9. The second-order valence-corrected chi connectivity index (χ2v) is 6.47. The number of hydrogen-bond donors (Lipinski definition) is 2. The molecular formula is C17H39N3O. The Kier molecular flexibility index (Phi) is 12.3. The summed E-state index contributed by atoms with van der Waals surface area (Å²) in [5.74, 6) is 0. The van der Waals surface area contributed by atoms with E-state index in [0.29, 0.717) is 0 Å². The van der Waals surface area contributed by atoms with Crippen molar-refractivity contribution in [3.05, 3.63) is 0 Å². The van der Waals surface area contributed by atoms with Gasteiger partial charge in [0.05, 0.1) is 6.61 Å². The number of aliphatic hydroxyl groups excluding tert-OH is 1. The van der Waals surface area contributed by atoms with E-state index in [4.69, 9.17) is 0 Å². The first-order valence-corrected chi connectivity index (χ1v) is 8.76. The van der Waals surface area contributed by atoms with E-state index in [-0.39, 0.29) is 12.1 Å². The maximum Gasteiger partial charge on any atom is 0.0613 e. The molecule has 0 saturated heterocycles. The van der Waals surface area contributed by atoms with E-state index in [1.54, 1.807) is 0 Å². The molecule has 0 heterocycles. The fourth-order valence-corrected chi connectivity index (χ4v) is 2.66. The second kappa shape index (κ2) is 12.4. The Morgan fingerprint density at radius 2 is 1.67 bits per heavy atom. The molecule has 0 rings (SSSR count). The molecular weight excluding hydrogens is 262 g/mol. The standard InChI is InChI=1S/C17H39N3O/c1-6-11-18-17(8-3,16-21)10-9-13-20(12-7-2)15-14-19(4)5/h18,21H,6-16H2,1-5H3. The van der Waals surface area contributed by atoms with E-state index in [2.05, 4.69) is 50.0 Å². The van der Waals surface area contributed by atoms with Crippen LogP contribution in [0.2, 0.25) is 0 Å². The summed E-state index contributed by atoms with van der Waals surface area (Å²) >= 11 is 0. The molecule has 21 heavy (non-hydrogen) atoms. The van der Waals surface area contributed by atoms with Crippen molar-refractivity contribution in [3.8, 4) is 0 Å². The van der Waals surface area contributed by atoms with Crippen molar-refractivity contribution < 1.29 is 5.11 Å². The van der Waals surface area contributed by atoms with Gasteiger partial charge in [-0.05, 0) is 65.8 Å². The summed E-state index contributed by atoms with van der Waals surface area (Å²) in [7, 11) is 4.26. The van der Waals surface area contributed by atoms with E-state index in [0.717, 1.165) is 51.9 Å². The molecule has 0 aromatic heterocycles. The maximum atomic E-state index is 9.77. The van der Waals surface area contributed by atoms with Gasteiger partial charge in [-0.2, -0.15) is 0 Å². The number of nitrogens with zero attached hydrogens (tertiary/aromatic N) is 2. The predicted octanol–water partition coefficient (Wildman–Crippen LogP) is 2.18. The zero-order valence-electron chi connectivity index (χ0n) is 15.1. The van der Waals surface area contributed by atoms with Gasteiger partial charge < -0.3 is 20.2 Å². The lowest BCUT2D eigenvalue weighted by molar-refractivity contribution is 0.137. The summed E-state index contributed by atoms with van der Waals surface area (Å²) in [6, 6.07) is 0. The van der Waals surface area contributed by atoms with Crippen LogP contribution in [0, 0.1) is 0 Å². The van der Waals surface area contributed by atoms with Crippen LogP contribution in [0.15, 0.2) is 0 Å². The molecule has 1 atom stereocenters. The van der Waals surface area contributed by atoms with E-state index < -0.39 is 0 Å². The zero-order chi connectivity index (χ0) is 16.1. The van der Waals surface area contributed by atoms with E-state index in [9.17, 15) is 5.11 Å². The average molecular weight is 302 g/mol. The molecule has 0 aliphatic rings. The molecule has 0 bridgehead atoms. The number of aliphatic hydroxyl groups is 1. The van der Waals surface area contributed by atoms with Gasteiger partial charge in [0.15, 0.2) is 0 Å². The Bertz CT molecular complexity index is 230. The number of likely N-dealkylation sites (N-methyl/N-ethyl adjacent to an activating group) is 1. The molecule has 0 fully saturated rings. The molecule has 0 radical (unpaired) electrons. The molecule has 0 aliphatic heterocycles. The highest BCUT2D eigenvalue weighted by atomic mass is 16.3. The van der Waals surface area contributed by atoms with Crippen molar-refractivity contribution in [2.45, 2.75) is 58.4 Å². The molecule has 0 aromatic rings. The number of rotatable bonds is 14. The fourth-order valence-electron chi connectivity index (χ4n) is 2.66. The Labute approximate surface area is 132 Å².